The van der Waals surface area contributed by atoms with E-state index in [9.17, 15) is 14.9 Å². The van der Waals surface area contributed by atoms with Crippen LogP contribution < -0.4 is 5.32 Å². The normalized spacial score (nSPS) is 10.6. The van der Waals surface area contributed by atoms with Crippen LogP contribution in [0.5, 0.6) is 0 Å². The number of hydrogen-bond donors (Lipinski definition) is 1. The third-order valence-electron chi connectivity index (χ3n) is 3.48. The molecule has 10 heteroatoms. The van der Waals surface area contributed by atoms with E-state index >= 15 is 0 Å². The number of ketones is 1. The number of nitro groups is 1. The van der Waals surface area contributed by atoms with Gasteiger partial charge >= 0.3 is 0 Å². The van der Waals surface area contributed by atoms with Crippen LogP contribution in [0.3, 0.4) is 0 Å². The van der Waals surface area contributed by atoms with Crippen molar-refractivity contribution in [2.24, 2.45) is 0 Å². The Bertz CT molecular complexity index is 946. The minimum absolute atomic E-state index is 0.0360. The molecule has 0 fully saturated rings. The van der Waals surface area contributed by atoms with Gasteiger partial charge in [-0.2, -0.15) is 0 Å². The van der Waals surface area contributed by atoms with Crippen molar-refractivity contribution < 1.29 is 9.72 Å². The number of anilines is 1. The molecule has 0 saturated carbocycles. The van der Waals surface area contributed by atoms with Gasteiger partial charge in [0.05, 0.1) is 11.5 Å². The standard InChI is InChI=1S/C17H13ClN4O3S2/c18-13-5-1-11(2-6-13)10-26-17-21-20-16(27-17)19-9-15(23)12-3-7-14(8-4-12)22(24)25/h1-8H,9-10H2,(H,19,20). The lowest BCUT2D eigenvalue weighted by Crippen LogP contribution is -2.13. The van der Waals surface area contributed by atoms with Crippen molar-refractivity contribution in [1.82, 2.24) is 10.2 Å². The number of aromatic nitrogens is 2. The highest BCUT2D eigenvalue weighted by Crippen LogP contribution is 2.28. The molecule has 0 spiro atoms. The Balaban J connectivity index is 1.50. The monoisotopic (exact) mass is 420 g/mol. The van der Waals surface area contributed by atoms with Crippen molar-refractivity contribution in [3.8, 4) is 0 Å². The smallest absolute Gasteiger partial charge is 0.269 e. The largest absolute Gasteiger partial charge is 0.353 e. The molecule has 7 nitrogen and oxygen atoms in total. The first-order valence-corrected chi connectivity index (χ1v) is 9.91. The van der Waals surface area contributed by atoms with Crippen molar-refractivity contribution in [3.05, 3.63) is 74.8 Å². The minimum atomic E-state index is -0.503. The molecule has 0 aliphatic heterocycles. The number of rotatable bonds is 8. The maximum atomic E-state index is 12.2. The Labute approximate surface area is 167 Å². The zero-order valence-electron chi connectivity index (χ0n) is 13.8. The summed E-state index contributed by atoms with van der Waals surface area (Å²) in [5.74, 6) is 0.559. The van der Waals surface area contributed by atoms with Gasteiger partial charge < -0.3 is 5.32 Å². The number of nitrogens with one attached hydrogen (secondary N) is 1. The molecule has 0 aliphatic rings. The maximum absolute atomic E-state index is 12.2. The van der Waals surface area contributed by atoms with E-state index in [0.29, 0.717) is 15.7 Å². The Morgan fingerprint density at radius 2 is 1.85 bits per heavy atom. The molecule has 0 unspecified atom stereocenters. The number of non-ortho nitro benzene ring substituents is 1. The molecule has 1 heterocycles. The number of nitrogens with zero attached hydrogens (tertiary/aromatic N) is 3. The molecule has 0 atom stereocenters. The average Bonchev–Trinajstić information content (AvgIpc) is 3.13. The summed E-state index contributed by atoms with van der Waals surface area (Å²) < 4.78 is 0.787. The van der Waals surface area contributed by atoms with E-state index in [2.05, 4.69) is 15.5 Å². The molecule has 3 rings (SSSR count). The first-order valence-electron chi connectivity index (χ1n) is 7.73. The molecule has 138 valence electrons. The van der Waals surface area contributed by atoms with Crippen molar-refractivity contribution >= 4 is 51.3 Å². The fourth-order valence-corrected chi connectivity index (χ4v) is 3.92. The summed E-state index contributed by atoms with van der Waals surface area (Å²) in [7, 11) is 0. The molecule has 3 aromatic rings. The highest BCUT2D eigenvalue weighted by Gasteiger charge is 2.11. The number of Topliss-reactive ketones (excluding diaryl/α,β-unsaturated/α-hetero) is 1. The quantitative estimate of drug-likeness (QED) is 0.244. The molecule has 2 aromatic carbocycles. The molecule has 0 amide bonds. The summed E-state index contributed by atoms with van der Waals surface area (Å²) in [6.45, 7) is 0.0360. The third-order valence-corrected chi connectivity index (χ3v) is 5.82. The second-order valence-corrected chi connectivity index (χ2v) is 8.01. The second-order valence-electron chi connectivity index (χ2n) is 5.37. The van der Waals surface area contributed by atoms with E-state index in [1.807, 2.05) is 24.3 Å². The molecule has 0 radical (unpaired) electrons. The number of hydrogen-bond acceptors (Lipinski definition) is 8. The topological polar surface area (TPSA) is 98.0 Å². The van der Waals surface area contributed by atoms with Crippen molar-refractivity contribution in [2.45, 2.75) is 10.1 Å². The third kappa shape index (κ3) is 5.49. The van der Waals surface area contributed by atoms with Gasteiger partial charge in [-0.15, -0.1) is 10.2 Å². The number of nitro benzene ring substituents is 1. The van der Waals surface area contributed by atoms with Gasteiger partial charge in [0, 0.05) is 28.5 Å². The number of halogens is 1. The fraction of sp³-hybridized carbons (Fsp3) is 0.118. The fourth-order valence-electron chi connectivity index (χ4n) is 2.09. The summed E-state index contributed by atoms with van der Waals surface area (Å²) in [6, 6.07) is 13.1. The Morgan fingerprint density at radius 1 is 1.15 bits per heavy atom. The lowest BCUT2D eigenvalue weighted by atomic mass is 10.1. The second kappa shape index (κ2) is 8.94. The van der Waals surface area contributed by atoms with Crippen LogP contribution in [-0.4, -0.2) is 27.4 Å². The highest BCUT2D eigenvalue weighted by atomic mass is 35.5. The number of benzene rings is 2. The van der Waals surface area contributed by atoms with Crippen LogP contribution >= 0.6 is 34.7 Å². The van der Waals surface area contributed by atoms with Crippen LogP contribution in [0, 0.1) is 10.1 Å². The van der Waals surface area contributed by atoms with Crippen LogP contribution in [-0.2, 0) is 5.75 Å². The van der Waals surface area contributed by atoms with Gasteiger partial charge in [0.15, 0.2) is 10.1 Å². The average molecular weight is 421 g/mol. The van der Waals surface area contributed by atoms with E-state index in [1.54, 1.807) is 11.8 Å². The summed E-state index contributed by atoms with van der Waals surface area (Å²) in [6.07, 6.45) is 0. The predicted molar refractivity (Wildman–Crippen MR) is 107 cm³/mol. The first-order chi connectivity index (χ1) is 13.0. The molecular formula is C17H13ClN4O3S2. The van der Waals surface area contributed by atoms with E-state index < -0.39 is 4.92 Å². The van der Waals surface area contributed by atoms with Crippen LogP contribution in [0.15, 0.2) is 52.9 Å². The SMILES string of the molecule is O=C(CNc1nnc(SCc2ccc(Cl)cc2)s1)c1ccc([N+](=O)[O-])cc1. The molecular weight excluding hydrogens is 408 g/mol. The molecule has 1 aromatic heterocycles. The molecule has 1 N–H and O–H groups in total. The highest BCUT2D eigenvalue weighted by molar-refractivity contribution is 8.00. The van der Waals surface area contributed by atoms with Crippen LogP contribution in [0.2, 0.25) is 5.02 Å². The number of carbonyl (C=O) groups excluding carboxylic acids is 1. The van der Waals surface area contributed by atoms with Crippen LogP contribution in [0.1, 0.15) is 15.9 Å². The van der Waals surface area contributed by atoms with Crippen molar-refractivity contribution in [3.63, 3.8) is 0 Å². The lowest BCUT2D eigenvalue weighted by Gasteiger charge is -2.01. The van der Waals surface area contributed by atoms with E-state index in [4.69, 9.17) is 11.6 Å². The number of thioether (sulfide) groups is 1. The maximum Gasteiger partial charge on any atom is 0.269 e. The van der Waals surface area contributed by atoms with E-state index in [1.165, 1.54) is 35.6 Å². The molecule has 0 saturated heterocycles. The Hall–Kier alpha value is -2.49. The summed E-state index contributed by atoms with van der Waals surface area (Å²) >= 11 is 8.77. The van der Waals surface area contributed by atoms with E-state index in [-0.39, 0.29) is 18.0 Å². The Kier molecular flexibility index (Phi) is 6.38. The van der Waals surface area contributed by atoms with Gasteiger partial charge in [0.1, 0.15) is 0 Å². The number of carbonyl (C=O) groups is 1. The van der Waals surface area contributed by atoms with Crippen molar-refractivity contribution in [1.29, 1.82) is 0 Å². The molecule has 27 heavy (non-hydrogen) atoms. The summed E-state index contributed by atoms with van der Waals surface area (Å²) in [5.41, 5.74) is 1.48. The van der Waals surface area contributed by atoms with Crippen LogP contribution in [0.4, 0.5) is 10.8 Å². The van der Waals surface area contributed by atoms with Crippen molar-refractivity contribution in [2.75, 3.05) is 11.9 Å². The summed E-state index contributed by atoms with van der Waals surface area (Å²) in [5, 5.41) is 22.9. The van der Waals surface area contributed by atoms with Gasteiger partial charge in [-0.25, -0.2) is 0 Å². The lowest BCUT2D eigenvalue weighted by molar-refractivity contribution is -0.384. The zero-order chi connectivity index (χ0) is 19.2. The Morgan fingerprint density at radius 3 is 2.52 bits per heavy atom. The summed E-state index contributed by atoms with van der Waals surface area (Å²) in [4.78, 5) is 22.3. The zero-order valence-corrected chi connectivity index (χ0v) is 16.2. The van der Waals surface area contributed by atoms with Crippen LogP contribution in [0.25, 0.3) is 0 Å². The molecule has 0 aliphatic carbocycles. The van der Waals surface area contributed by atoms with Gasteiger partial charge in [-0.05, 0) is 29.8 Å². The van der Waals surface area contributed by atoms with Gasteiger partial charge in [0.25, 0.3) is 5.69 Å². The van der Waals surface area contributed by atoms with Gasteiger partial charge in [-0.1, -0.05) is 46.8 Å². The molecule has 0 bridgehead atoms. The van der Waals surface area contributed by atoms with Gasteiger partial charge in [-0.3, -0.25) is 14.9 Å². The first kappa shape index (κ1) is 19.3. The van der Waals surface area contributed by atoms with E-state index in [0.717, 1.165) is 15.7 Å². The van der Waals surface area contributed by atoms with Gasteiger partial charge in [0.2, 0.25) is 5.13 Å². The predicted octanol–water partition coefficient (Wildman–Crippen LogP) is 4.69. The minimum Gasteiger partial charge on any atom is -0.353 e.